The first-order chi connectivity index (χ1) is 24.6. The second-order valence-electron chi connectivity index (χ2n) is 19.1. The lowest BCUT2D eigenvalue weighted by molar-refractivity contribution is -0.484. The zero-order valence-electron chi connectivity index (χ0n) is 33.7. The summed E-state index contributed by atoms with van der Waals surface area (Å²) in [6.45, 7) is 24.3. The van der Waals surface area contributed by atoms with Crippen LogP contribution in [-0.4, -0.2) is 80.7 Å². The van der Waals surface area contributed by atoms with Gasteiger partial charge in [0.1, 0.15) is 23.4 Å². The largest absolute Gasteiger partial charge is 0.458 e. The van der Waals surface area contributed by atoms with Crippen molar-refractivity contribution in [2.24, 2.45) is 34.0 Å². The first-order valence-corrected chi connectivity index (χ1v) is 24.0. The van der Waals surface area contributed by atoms with Gasteiger partial charge >= 0.3 is 29.1 Å². The Labute approximate surface area is 317 Å². The van der Waals surface area contributed by atoms with Gasteiger partial charge in [-0.3, -0.25) is 9.59 Å². The molecule has 0 radical (unpaired) electrons. The zero-order valence-corrected chi connectivity index (χ0v) is 35.7. The molecule has 10 nitrogen and oxygen atoms in total. The minimum absolute atomic E-state index is 0.0201. The number of Topliss-reactive ketones (excluding diaryl/α,β-unsaturated/α-hetero) is 1. The van der Waals surface area contributed by atoms with E-state index in [1.807, 2.05) is 26.8 Å². The molecule has 1 aromatic rings. The average Bonchev–Trinajstić information content (AvgIpc) is 3.10. The summed E-state index contributed by atoms with van der Waals surface area (Å²) in [6.07, 6.45) is -2.60. The Morgan fingerprint density at radius 1 is 0.925 bits per heavy atom. The predicted octanol–water partition coefficient (Wildman–Crippen LogP) is 7.00. The van der Waals surface area contributed by atoms with Crippen molar-refractivity contribution in [1.82, 2.24) is 0 Å². The molecule has 294 valence electrons. The fraction of sp³-hybridized carbons (Fsp3) is 0.780. The summed E-state index contributed by atoms with van der Waals surface area (Å²) < 4.78 is 36.3. The first-order valence-electron chi connectivity index (χ1n) is 20.1. The van der Waals surface area contributed by atoms with Gasteiger partial charge in [-0.2, -0.15) is 0 Å². The van der Waals surface area contributed by atoms with E-state index >= 15 is 4.79 Å². The lowest BCUT2D eigenvalue weighted by Gasteiger charge is -2.88. The molecule has 1 spiro atoms. The topological polar surface area (TPSA) is 138 Å². The van der Waals surface area contributed by atoms with Crippen molar-refractivity contribution < 1.29 is 47.0 Å². The van der Waals surface area contributed by atoms with Crippen molar-refractivity contribution in [2.45, 2.75) is 167 Å². The number of rotatable bonds is 7. The summed E-state index contributed by atoms with van der Waals surface area (Å²) in [7, 11) is -6.68. The molecular weight excluding hydrogens is 709 g/mol. The maximum atomic E-state index is 16.3. The molecule has 1 heterocycles. The lowest BCUT2D eigenvalue weighted by atomic mass is 9.17. The first kappa shape index (κ1) is 39.3. The standard InChI is InChI=1S/C41H62O10Si2/c1-22(2)52(23(3)4)49-31-20-29-18-19-40(29,48-27(10)42)41-36(47-35(45)28-16-14-13-15-17-28)39(46)21-30(43)26(9)32(38(39,41)12)33(34(44)37(31,41)11)50-53(51-52,24(5)6)25(7)8/h13-17,22-26,29-33,36,43,46H,18-21H2,1-12H3/t26?,29-,30+,31+,32?,33-,36-,37+,38+,39-,40+,41?/m1/s1. The van der Waals surface area contributed by atoms with Crippen LogP contribution in [0, 0.1) is 34.0 Å². The number of hydrogen-bond donors (Lipinski definition) is 2. The van der Waals surface area contributed by atoms with Crippen LogP contribution >= 0.6 is 0 Å². The van der Waals surface area contributed by atoms with Crippen LogP contribution in [0.2, 0.25) is 22.2 Å². The van der Waals surface area contributed by atoms with Gasteiger partial charge in [0.2, 0.25) is 0 Å². The van der Waals surface area contributed by atoms with E-state index in [-0.39, 0.29) is 40.3 Å². The molecule has 7 rings (SSSR count). The Bertz CT molecular complexity index is 1650. The molecule has 1 saturated heterocycles. The molecule has 6 fully saturated rings. The van der Waals surface area contributed by atoms with Crippen molar-refractivity contribution in [1.29, 1.82) is 0 Å². The second kappa shape index (κ2) is 12.3. The smallest absolute Gasteiger partial charge is 0.338 e. The van der Waals surface area contributed by atoms with Crippen molar-refractivity contribution >= 4 is 34.8 Å². The molecule has 2 N–H and O–H groups in total. The summed E-state index contributed by atoms with van der Waals surface area (Å²) in [5, 5.41) is 25.4. The van der Waals surface area contributed by atoms with Gasteiger partial charge in [-0.25, -0.2) is 4.79 Å². The van der Waals surface area contributed by atoms with Crippen molar-refractivity contribution in [3.8, 4) is 0 Å². The zero-order chi connectivity index (χ0) is 39.1. The highest BCUT2D eigenvalue weighted by Crippen LogP contribution is 2.88. The molecule has 1 aromatic carbocycles. The third-order valence-corrected chi connectivity index (χ3v) is 26.2. The van der Waals surface area contributed by atoms with Crippen LogP contribution in [0.4, 0.5) is 0 Å². The Morgan fingerprint density at radius 3 is 2.00 bits per heavy atom. The van der Waals surface area contributed by atoms with Crippen LogP contribution in [0.3, 0.4) is 0 Å². The van der Waals surface area contributed by atoms with Crippen molar-refractivity contribution in [3.05, 3.63) is 35.9 Å². The monoisotopic (exact) mass is 770 g/mol. The van der Waals surface area contributed by atoms with E-state index in [0.717, 1.165) is 0 Å². The number of ether oxygens (including phenoxy) is 2. The summed E-state index contributed by atoms with van der Waals surface area (Å²) in [6, 6.07) is 8.62. The molecule has 0 aromatic heterocycles. The number of esters is 2. The molecule has 3 unspecified atom stereocenters. The Hall–Kier alpha value is -1.94. The van der Waals surface area contributed by atoms with Crippen molar-refractivity contribution in [2.75, 3.05) is 0 Å². The van der Waals surface area contributed by atoms with Gasteiger partial charge < -0.3 is 32.7 Å². The van der Waals surface area contributed by atoms with E-state index in [2.05, 4.69) is 55.4 Å². The van der Waals surface area contributed by atoms with Crippen LogP contribution in [0.5, 0.6) is 0 Å². The molecule has 5 aliphatic carbocycles. The molecular formula is C41H62O10Si2. The Kier molecular flexibility index (Phi) is 9.11. The SMILES string of the molecule is CC(=O)O[C@@]12CC[C@@H]1C[C@@H]1O[Si](C(C)C)(C(C)C)O[Si](C(C)C)(C(C)C)O[C@H]3C(=O)[C@@]1(C)C21[C@H](OC(=O)c2ccccc2)[C@]2(O)C[C@H](O)C(C)C3[C@]12C. The van der Waals surface area contributed by atoms with Crippen LogP contribution in [0.15, 0.2) is 30.3 Å². The van der Waals surface area contributed by atoms with Crippen LogP contribution in [-0.2, 0) is 32.0 Å². The summed E-state index contributed by atoms with van der Waals surface area (Å²) in [4.78, 5) is 43.9. The van der Waals surface area contributed by atoms with E-state index in [4.69, 9.17) is 22.4 Å². The number of aliphatic hydroxyl groups is 2. The van der Waals surface area contributed by atoms with Gasteiger partial charge in [0.15, 0.2) is 5.78 Å². The minimum atomic E-state index is -3.37. The van der Waals surface area contributed by atoms with Gasteiger partial charge in [-0.05, 0) is 66.4 Å². The van der Waals surface area contributed by atoms with Gasteiger partial charge in [0.05, 0.1) is 28.6 Å². The van der Waals surface area contributed by atoms with E-state index in [9.17, 15) is 19.8 Å². The van der Waals surface area contributed by atoms with E-state index in [1.165, 1.54) is 6.92 Å². The fourth-order valence-corrected chi connectivity index (χ4v) is 24.9. The third-order valence-electron chi connectivity index (χ3n) is 15.9. The molecule has 12 atom stereocenters. The van der Waals surface area contributed by atoms with Gasteiger partial charge in [-0.1, -0.05) is 87.4 Å². The molecule has 0 amide bonds. The van der Waals surface area contributed by atoms with Crippen LogP contribution in [0.25, 0.3) is 0 Å². The normalized spacial score (nSPS) is 44.9. The van der Waals surface area contributed by atoms with Crippen molar-refractivity contribution in [3.63, 3.8) is 0 Å². The molecule has 5 saturated carbocycles. The summed E-state index contributed by atoms with van der Waals surface area (Å²) in [5.74, 6) is -2.81. The highest BCUT2D eigenvalue weighted by Gasteiger charge is 2.99. The number of benzene rings is 1. The Morgan fingerprint density at radius 2 is 1.49 bits per heavy atom. The van der Waals surface area contributed by atoms with Gasteiger partial charge in [0.25, 0.3) is 0 Å². The number of carbonyl (C=O) groups excluding carboxylic acids is 3. The van der Waals surface area contributed by atoms with E-state index in [0.29, 0.717) is 24.8 Å². The number of carbonyl (C=O) groups is 3. The van der Waals surface area contributed by atoms with E-state index < -0.39 is 92.8 Å². The number of fused-ring (bicyclic) bond motifs is 3. The number of ketones is 1. The van der Waals surface area contributed by atoms with Crippen LogP contribution in [0.1, 0.15) is 119 Å². The molecule has 1 aliphatic heterocycles. The predicted molar refractivity (Wildman–Crippen MR) is 202 cm³/mol. The molecule has 12 heteroatoms. The van der Waals surface area contributed by atoms with Gasteiger partial charge in [0, 0.05) is 30.6 Å². The quantitative estimate of drug-likeness (QED) is 0.220. The number of hydrogen-bond acceptors (Lipinski definition) is 10. The average molecular weight is 771 g/mol. The third kappa shape index (κ3) is 4.40. The maximum Gasteiger partial charge on any atom is 0.338 e. The molecule has 53 heavy (non-hydrogen) atoms. The highest BCUT2D eigenvalue weighted by molar-refractivity contribution is 6.84. The maximum absolute atomic E-state index is 16.3. The number of aliphatic hydroxyl groups excluding tert-OH is 1. The highest BCUT2D eigenvalue weighted by atomic mass is 28.5. The Balaban J connectivity index is 1.60. The fourth-order valence-electron chi connectivity index (χ4n) is 13.6. The molecule has 6 aliphatic rings. The second-order valence-corrected chi connectivity index (χ2v) is 27.9. The molecule has 2 bridgehead atoms. The van der Waals surface area contributed by atoms with Crippen LogP contribution < -0.4 is 0 Å². The lowest BCUT2D eigenvalue weighted by Crippen LogP contribution is -3.00. The summed E-state index contributed by atoms with van der Waals surface area (Å²) >= 11 is 0. The van der Waals surface area contributed by atoms with E-state index in [1.54, 1.807) is 24.3 Å². The summed E-state index contributed by atoms with van der Waals surface area (Å²) in [5.41, 5.74) is -7.06. The van der Waals surface area contributed by atoms with Gasteiger partial charge in [-0.15, -0.1) is 0 Å². The minimum Gasteiger partial charge on any atom is -0.458 e.